The van der Waals surface area contributed by atoms with E-state index in [1.807, 2.05) is 29.2 Å². The van der Waals surface area contributed by atoms with Gasteiger partial charge in [0.1, 0.15) is 18.2 Å². The Morgan fingerprint density at radius 1 is 1.32 bits per heavy atom. The van der Waals surface area contributed by atoms with Crippen LogP contribution in [-0.4, -0.2) is 28.5 Å². The molecular weight excluding hydrogens is 240 g/mol. The van der Waals surface area contributed by atoms with Gasteiger partial charge in [-0.1, -0.05) is 12.1 Å². The number of fused-ring (bicyclic) bond motifs is 1. The zero-order chi connectivity index (χ0) is 13.2. The van der Waals surface area contributed by atoms with Crippen LogP contribution in [0, 0.1) is 6.42 Å². The summed E-state index contributed by atoms with van der Waals surface area (Å²) in [6.07, 6.45) is 5.25. The number of hydrogen-bond acceptors (Lipinski definition) is 4. The summed E-state index contributed by atoms with van der Waals surface area (Å²) in [4.78, 5) is 22.2. The molecule has 1 fully saturated rings. The van der Waals surface area contributed by atoms with Gasteiger partial charge >= 0.3 is 0 Å². The number of benzene rings is 1. The number of nitrogens with zero attached hydrogens (tertiary/aromatic N) is 3. The molecular formula is C14H15N4O. The van der Waals surface area contributed by atoms with Gasteiger partial charge in [-0.3, -0.25) is 4.79 Å². The van der Waals surface area contributed by atoms with Gasteiger partial charge in [0.2, 0.25) is 5.91 Å². The first-order valence-corrected chi connectivity index (χ1v) is 6.35. The van der Waals surface area contributed by atoms with Crippen molar-refractivity contribution in [1.29, 1.82) is 0 Å². The Morgan fingerprint density at radius 3 is 3.00 bits per heavy atom. The lowest BCUT2D eigenvalue weighted by molar-refractivity contribution is -0.119. The lowest BCUT2D eigenvalue weighted by atomic mass is 10.0. The smallest absolute Gasteiger partial charge is 0.240 e. The van der Waals surface area contributed by atoms with Gasteiger partial charge in [-0.25, -0.2) is 9.97 Å². The molecule has 1 atom stereocenters. The van der Waals surface area contributed by atoms with Crippen molar-refractivity contribution in [2.75, 3.05) is 11.4 Å². The number of primary amides is 1. The topological polar surface area (TPSA) is 72.1 Å². The molecule has 0 bridgehead atoms. The van der Waals surface area contributed by atoms with Crippen molar-refractivity contribution in [2.24, 2.45) is 5.73 Å². The molecule has 1 aromatic heterocycles. The van der Waals surface area contributed by atoms with Gasteiger partial charge in [0, 0.05) is 11.9 Å². The van der Waals surface area contributed by atoms with Crippen LogP contribution < -0.4 is 10.6 Å². The summed E-state index contributed by atoms with van der Waals surface area (Å²) in [7, 11) is 0. The van der Waals surface area contributed by atoms with E-state index in [1.165, 1.54) is 6.33 Å². The third-order valence-corrected chi connectivity index (χ3v) is 3.46. The van der Waals surface area contributed by atoms with Crippen LogP contribution in [-0.2, 0) is 4.79 Å². The minimum atomic E-state index is -0.313. The molecule has 5 heteroatoms. The largest absolute Gasteiger partial charge is 0.368 e. The van der Waals surface area contributed by atoms with Crippen molar-refractivity contribution in [2.45, 2.75) is 18.9 Å². The Labute approximate surface area is 111 Å². The number of para-hydroxylation sites is 1. The van der Waals surface area contributed by atoms with E-state index in [0.717, 1.165) is 29.7 Å². The number of rotatable bonds is 2. The maximum atomic E-state index is 11.6. The van der Waals surface area contributed by atoms with Gasteiger partial charge in [0.15, 0.2) is 0 Å². The minimum Gasteiger partial charge on any atom is -0.368 e. The number of hydrogen-bond donors (Lipinski definition) is 1. The molecule has 1 aliphatic rings. The van der Waals surface area contributed by atoms with Crippen molar-refractivity contribution in [3.05, 3.63) is 37.0 Å². The SMILES string of the molecule is NC(=O)C1C[CH]CCN1c1ncnc2ccccc12. The second-order valence-corrected chi connectivity index (χ2v) is 4.64. The molecule has 5 nitrogen and oxygen atoms in total. The molecule has 1 amide bonds. The Balaban J connectivity index is 2.09. The summed E-state index contributed by atoms with van der Waals surface area (Å²) >= 11 is 0. The van der Waals surface area contributed by atoms with E-state index >= 15 is 0 Å². The number of carbonyl (C=O) groups is 1. The van der Waals surface area contributed by atoms with Crippen LogP contribution in [0.3, 0.4) is 0 Å². The van der Waals surface area contributed by atoms with E-state index in [0.29, 0.717) is 6.42 Å². The first-order chi connectivity index (χ1) is 9.27. The maximum absolute atomic E-state index is 11.6. The van der Waals surface area contributed by atoms with Crippen molar-refractivity contribution in [3.63, 3.8) is 0 Å². The summed E-state index contributed by atoms with van der Waals surface area (Å²) in [5, 5.41) is 0.957. The van der Waals surface area contributed by atoms with Crippen LogP contribution in [0.5, 0.6) is 0 Å². The number of carbonyl (C=O) groups excluding carboxylic acids is 1. The molecule has 1 radical (unpaired) electrons. The molecule has 97 valence electrons. The van der Waals surface area contributed by atoms with Crippen molar-refractivity contribution in [1.82, 2.24) is 9.97 Å². The molecule has 0 spiro atoms. The molecule has 1 unspecified atom stereocenters. The molecule has 3 rings (SSSR count). The summed E-state index contributed by atoms with van der Waals surface area (Å²) in [5.41, 5.74) is 6.37. The monoisotopic (exact) mass is 255 g/mol. The molecule has 1 aliphatic heterocycles. The fourth-order valence-corrected chi connectivity index (χ4v) is 2.53. The summed E-state index contributed by atoms with van der Waals surface area (Å²) in [6, 6.07) is 7.49. The van der Waals surface area contributed by atoms with Crippen molar-refractivity contribution in [3.8, 4) is 0 Å². The second kappa shape index (κ2) is 4.84. The van der Waals surface area contributed by atoms with Gasteiger partial charge in [-0.15, -0.1) is 0 Å². The van der Waals surface area contributed by atoms with Crippen LogP contribution >= 0.6 is 0 Å². The van der Waals surface area contributed by atoms with Crippen LogP contribution in [0.4, 0.5) is 5.82 Å². The molecule has 2 aromatic rings. The third-order valence-electron chi connectivity index (χ3n) is 3.46. The third kappa shape index (κ3) is 2.12. The number of nitrogens with two attached hydrogens (primary N) is 1. The predicted octanol–water partition coefficient (Wildman–Crippen LogP) is 1.29. The zero-order valence-electron chi connectivity index (χ0n) is 10.5. The van der Waals surface area contributed by atoms with Crippen LogP contribution in [0.1, 0.15) is 12.8 Å². The highest BCUT2D eigenvalue weighted by Gasteiger charge is 2.29. The Bertz CT molecular complexity index is 608. The molecule has 2 heterocycles. The maximum Gasteiger partial charge on any atom is 0.240 e. The fraction of sp³-hybridized carbons (Fsp3) is 0.286. The van der Waals surface area contributed by atoms with Crippen LogP contribution in [0.15, 0.2) is 30.6 Å². The van der Waals surface area contributed by atoms with Gasteiger partial charge in [-0.05, 0) is 31.4 Å². The van der Waals surface area contributed by atoms with E-state index in [-0.39, 0.29) is 11.9 Å². The van der Waals surface area contributed by atoms with Gasteiger partial charge in [0.05, 0.1) is 5.52 Å². The number of piperidine rings is 1. The summed E-state index contributed by atoms with van der Waals surface area (Å²) in [5.74, 6) is 0.487. The number of aromatic nitrogens is 2. The van der Waals surface area contributed by atoms with Gasteiger partial charge in [0.25, 0.3) is 0 Å². The lowest BCUT2D eigenvalue weighted by Gasteiger charge is -2.34. The van der Waals surface area contributed by atoms with Gasteiger partial charge < -0.3 is 10.6 Å². The summed E-state index contributed by atoms with van der Waals surface area (Å²) < 4.78 is 0. The van der Waals surface area contributed by atoms with E-state index in [4.69, 9.17) is 5.73 Å². The van der Waals surface area contributed by atoms with E-state index < -0.39 is 0 Å². The normalized spacial score (nSPS) is 19.6. The van der Waals surface area contributed by atoms with Gasteiger partial charge in [-0.2, -0.15) is 0 Å². The Hall–Kier alpha value is -2.17. The Morgan fingerprint density at radius 2 is 2.16 bits per heavy atom. The molecule has 0 aliphatic carbocycles. The lowest BCUT2D eigenvalue weighted by Crippen LogP contribution is -2.48. The summed E-state index contributed by atoms with van der Waals surface area (Å²) in [6.45, 7) is 0.759. The molecule has 1 aromatic carbocycles. The highest BCUT2D eigenvalue weighted by molar-refractivity contribution is 5.92. The first-order valence-electron chi connectivity index (χ1n) is 6.35. The zero-order valence-corrected chi connectivity index (χ0v) is 10.5. The van der Waals surface area contributed by atoms with Crippen LogP contribution in [0.25, 0.3) is 10.9 Å². The molecule has 19 heavy (non-hydrogen) atoms. The molecule has 2 N–H and O–H groups in total. The van der Waals surface area contributed by atoms with Crippen LogP contribution in [0.2, 0.25) is 0 Å². The quantitative estimate of drug-likeness (QED) is 0.877. The van der Waals surface area contributed by atoms with E-state index in [1.54, 1.807) is 0 Å². The predicted molar refractivity (Wildman–Crippen MR) is 73.4 cm³/mol. The molecule has 0 saturated carbocycles. The first kappa shape index (κ1) is 11.9. The average Bonchev–Trinajstić information content (AvgIpc) is 2.46. The number of amides is 1. The highest BCUT2D eigenvalue weighted by atomic mass is 16.1. The number of anilines is 1. The average molecular weight is 255 g/mol. The van der Waals surface area contributed by atoms with E-state index in [2.05, 4.69) is 16.4 Å². The second-order valence-electron chi connectivity index (χ2n) is 4.64. The minimum absolute atomic E-state index is 0.307. The highest BCUT2D eigenvalue weighted by Crippen LogP contribution is 2.28. The standard InChI is InChI=1S/C14H15N4O/c15-13(19)12-7-3-4-8-18(12)14-10-5-1-2-6-11(10)16-9-17-14/h1-3,5-6,9,12H,4,7-8H2,(H2,15,19). The van der Waals surface area contributed by atoms with E-state index in [9.17, 15) is 4.79 Å². The van der Waals surface area contributed by atoms with Crippen molar-refractivity contribution >= 4 is 22.6 Å². The fourth-order valence-electron chi connectivity index (χ4n) is 2.53. The molecule has 1 saturated heterocycles. The Kier molecular flexibility index (Phi) is 3.03. The van der Waals surface area contributed by atoms with Crippen molar-refractivity contribution < 1.29 is 4.79 Å².